The van der Waals surface area contributed by atoms with E-state index in [4.69, 9.17) is 4.98 Å². The number of aromatic nitrogens is 2. The standard InChI is InChI=1S/C23H24N4O2/c1-24-23(29)17-11-8-16(9-12-17)10-13-21(28)27-14-4-5-18(15-27)22-25-19-6-2-3-7-20(19)26-22/h2-3,6-13,18H,4-5,14-15H2,1H3,(H,24,29)(H,25,26)/b13-10+. The van der Waals surface area contributed by atoms with Crippen molar-refractivity contribution in [3.05, 3.63) is 71.6 Å². The number of imidazole rings is 1. The molecule has 6 nitrogen and oxygen atoms in total. The second-order valence-corrected chi connectivity index (χ2v) is 7.30. The molecule has 2 aromatic carbocycles. The summed E-state index contributed by atoms with van der Waals surface area (Å²) < 4.78 is 0. The topological polar surface area (TPSA) is 78.1 Å². The average Bonchev–Trinajstić information content (AvgIpc) is 3.22. The molecule has 0 bridgehead atoms. The first kappa shape index (κ1) is 18.9. The van der Waals surface area contributed by atoms with E-state index in [1.165, 1.54) is 0 Å². The number of nitrogens with zero attached hydrogens (tertiary/aromatic N) is 2. The molecule has 1 unspecified atom stereocenters. The van der Waals surface area contributed by atoms with E-state index in [0.717, 1.165) is 41.8 Å². The quantitative estimate of drug-likeness (QED) is 0.673. The third-order valence-electron chi connectivity index (χ3n) is 5.35. The molecule has 29 heavy (non-hydrogen) atoms. The van der Waals surface area contributed by atoms with Crippen LogP contribution in [-0.4, -0.2) is 46.8 Å². The molecule has 2 N–H and O–H groups in total. The third-order valence-corrected chi connectivity index (χ3v) is 5.35. The van der Waals surface area contributed by atoms with Gasteiger partial charge in [0.25, 0.3) is 5.91 Å². The van der Waals surface area contributed by atoms with E-state index in [0.29, 0.717) is 12.1 Å². The SMILES string of the molecule is CNC(=O)c1ccc(/C=C/C(=O)N2CCCC(c3nc4ccccc4[nH]3)C2)cc1. The first-order valence-corrected chi connectivity index (χ1v) is 9.88. The monoisotopic (exact) mass is 388 g/mol. The predicted molar refractivity (Wildman–Crippen MR) is 114 cm³/mol. The fraction of sp³-hybridized carbons (Fsp3) is 0.261. The molecule has 1 atom stereocenters. The molecule has 1 fully saturated rings. The van der Waals surface area contributed by atoms with Gasteiger partial charge in [-0.2, -0.15) is 0 Å². The number of hydrogen-bond donors (Lipinski definition) is 2. The minimum absolute atomic E-state index is 0.00110. The second kappa shape index (κ2) is 8.31. The van der Waals surface area contributed by atoms with Gasteiger partial charge in [-0.3, -0.25) is 9.59 Å². The minimum Gasteiger partial charge on any atom is -0.355 e. The lowest BCUT2D eigenvalue weighted by molar-refractivity contribution is -0.127. The fourth-order valence-electron chi connectivity index (χ4n) is 3.73. The first-order valence-electron chi connectivity index (χ1n) is 9.88. The highest BCUT2D eigenvalue weighted by Gasteiger charge is 2.25. The molecule has 3 aromatic rings. The smallest absolute Gasteiger partial charge is 0.251 e. The molecule has 6 heteroatoms. The highest BCUT2D eigenvalue weighted by molar-refractivity contribution is 5.95. The number of carbonyl (C=O) groups excluding carboxylic acids is 2. The molecule has 1 aliphatic rings. The van der Waals surface area contributed by atoms with Crippen LogP contribution in [-0.2, 0) is 4.79 Å². The van der Waals surface area contributed by atoms with Crippen molar-refractivity contribution < 1.29 is 9.59 Å². The van der Waals surface area contributed by atoms with Crippen LogP contribution in [0.1, 0.15) is 40.5 Å². The summed E-state index contributed by atoms with van der Waals surface area (Å²) in [4.78, 5) is 34.3. The van der Waals surface area contributed by atoms with Crippen LogP contribution < -0.4 is 5.32 Å². The molecule has 2 amide bonds. The van der Waals surface area contributed by atoms with Crippen LogP contribution in [0, 0.1) is 0 Å². The van der Waals surface area contributed by atoms with Gasteiger partial charge in [0.1, 0.15) is 5.82 Å². The Balaban J connectivity index is 1.41. The lowest BCUT2D eigenvalue weighted by Crippen LogP contribution is -2.38. The summed E-state index contributed by atoms with van der Waals surface area (Å²) in [6, 6.07) is 15.2. The van der Waals surface area contributed by atoms with E-state index in [2.05, 4.69) is 10.3 Å². The van der Waals surface area contributed by atoms with Crippen LogP contribution >= 0.6 is 0 Å². The summed E-state index contributed by atoms with van der Waals surface area (Å²) in [5, 5.41) is 2.59. The molecular formula is C23H24N4O2. The highest BCUT2D eigenvalue weighted by Crippen LogP contribution is 2.27. The number of fused-ring (bicyclic) bond motifs is 1. The number of amides is 2. The average molecular weight is 388 g/mol. The molecule has 4 rings (SSSR count). The number of para-hydroxylation sites is 2. The summed E-state index contributed by atoms with van der Waals surface area (Å²) >= 11 is 0. The lowest BCUT2D eigenvalue weighted by Gasteiger charge is -2.31. The van der Waals surface area contributed by atoms with E-state index in [1.807, 2.05) is 41.3 Å². The summed E-state index contributed by atoms with van der Waals surface area (Å²) in [6.07, 6.45) is 5.38. The van der Waals surface area contributed by atoms with Crippen LogP contribution in [0.2, 0.25) is 0 Å². The Morgan fingerprint density at radius 3 is 2.72 bits per heavy atom. The van der Waals surface area contributed by atoms with Crippen molar-refractivity contribution in [1.29, 1.82) is 0 Å². The van der Waals surface area contributed by atoms with E-state index in [9.17, 15) is 9.59 Å². The van der Waals surface area contributed by atoms with Crippen LogP contribution in [0.3, 0.4) is 0 Å². The van der Waals surface area contributed by atoms with Gasteiger partial charge in [-0.1, -0.05) is 24.3 Å². The number of aromatic amines is 1. The van der Waals surface area contributed by atoms with Crippen molar-refractivity contribution >= 4 is 28.9 Å². The highest BCUT2D eigenvalue weighted by atomic mass is 16.2. The molecule has 0 saturated carbocycles. The second-order valence-electron chi connectivity index (χ2n) is 7.30. The van der Waals surface area contributed by atoms with Crippen molar-refractivity contribution in [2.24, 2.45) is 0 Å². The molecule has 0 aliphatic carbocycles. The van der Waals surface area contributed by atoms with E-state index in [1.54, 1.807) is 31.3 Å². The van der Waals surface area contributed by atoms with Gasteiger partial charge in [0, 0.05) is 37.7 Å². The zero-order valence-electron chi connectivity index (χ0n) is 16.4. The van der Waals surface area contributed by atoms with Gasteiger partial charge >= 0.3 is 0 Å². The Hall–Kier alpha value is -3.41. The largest absolute Gasteiger partial charge is 0.355 e. The van der Waals surface area contributed by atoms with E-state index >= 15 is 0 Å². The molecule has 1 aromatic heterocycles. The maximum absolute atomic E-state index is 12.7. The number of piperidine rings is 1. The van der Waals surface area contributed by atoms with Gasteiger partial charge in [0.05, 0.1) is 11.0 Å². The van der Waals surface area contributed by atoms with E-state index in [-0.39, 0.29) is 17.7 Å². The zero-order chi connectivity index (χ0) is 20.2. The number of likely N-dealkylation sites (tertiary alicyclic amines) is 1. The Morgan fingerprint density at radius 1 is 1.17 bits per heavy atom. The number of hydrogen-bond acceptors (Lipinski definition) is 3. The summed E-state index contributed by atoms with van der Waals surface area (Å²) in [6.45, 7) is 1.42. The van der Waals surface area contributed by atoms with Crippen LogP contribution in [0.25, 0.3) is 17.1 Å². The molecule has 0 spiro atoms. The molecule has 148 valence electrons. The van der Waals surface area contributed by atoms with Crippen molar-refractivity contribution in [3.63, 3.8) is 0 Å². The van der Waals surface area contributed by atoms with Crippen LogP contribution in [0.15, 0.2) is 54.6 Å². The van der Waals surface area contributed by atoms with Gasteiger partial charge in [0.2, 0.25) is 5.91 Å². The van der Waals surface area contributed by atoms with Gasteiger partial charge in [0.15, 0.2) is 0 Å². The minimum atomic E-state index is -0.124. The molecule has 0 radical (unpaired) electrons. The van der Waals surface area contributed by atoms with Crippen molar-refractivity contribution in [2.45, 2.75) is 18.8 Å². The lowest BCUT2D eigenvalue weighted by atomic mass is 9.97. The number of benzene rings is 2. The number of nitrogens with one attached hydrogen (secondary N) is 2. The number of carbonyl (C=O) groups is 2. The maximum atomic E-state index is 12.7. The molecule has 2 heterocycles. The zero-order valence-corrected chi connectivity index (χ0v) is 16.4. The number of H-pyrrole nitrogens is 1. The first-order chi connectivity index (χ1) is 14.1. The van der Waals surface area contributed by atoms with Crippen LogP contribution in [0.4, 0.5) is 0 Å². The van der Waals surface area contributed by atoms with Gasteiger partial charge in [-0.15, -0.1) is 0 Å². The Labute approximate surface area is 169 Å². The van der Waals surface area contributed by atoms with Gasteiger partial charge in [-0.05, 0) is 48.7 Å². The summed E-state index contributed by atoms with van der Waals surface area (Å²) in [7, 11) is 1.60. The molecule has 1 saturated heterocycles. The van der Waals surface area contributed by atoms with Gasteiger partial charge < -0.3 is 15.2 Å². The summed E-state index contributed by atoms with van der Waals surface area (Å²) in [5.74, 6) is 1.06. The Kier molecular flexibility index (Phi) is 5.42. The van der Waals surface area contributed by atoms with Gasteiger partial charge in [-0.25, -0.2) is 4.98 Å². The van der Waals surface area contributed by atoms with Crippen molar-refractivity contribution in [2.75, 3.05) is 20.1 Å². The normalized spacial score (nSPS) is 17.0. The predicted octanol–water partition coefficient (Wildman–Crippen LogP) is 3.34. The maximum Gasteiger partial charge on any atom is 0.251 e. The Morgan fingerprint density at radius 2 is 1.97 bits per heavy atom. The third kappa shape index (κ3) is 4.21. The van der Waals surface area contributed by atoms with Crippen molar-refractivity contribution in [1.82, 2.24) is 20.2 Å². The number of rotatable bonds is 4. The fourth-order valence-corrected chi connectivity index (χ4v) is 3.73. The summed E-state index contributed by atoms with van der Waals surface area (Å²) in [5.41, 5.74) is 3.48. The molecular weight excluding hydrogens is 364 g/mol. The van der Waals surface area contributed by atoms with Crippen LogP contribution in [0.5, 0.6) is 0 Å². The van der Waals surface area contributed by atoms with E-state index < -0.39 is 0 Å². The Bertz CT molecular complexity index is 1020. The van der Waals surface area contributed by atoms with Crippen molar-refractivity contribution in [3.8, 4) is 0 Å². The molecule has 1 aliphatic heterocycles.